The van der Waals surface area contributed by atoms with Crippen molar-refractivity contribution in [3.05, 3.63) is 88.7 Å². The number of ether oxygens (including phenoxy) is 1. The zero-order valence-corrected chi connectivity index (χ0v) is 15.8. The maximum absolute atomic E-state index is 14.4. The Labute approximate surface area is 162 Å². The molecular formula is C22H19ClFNO2. The van der Waals surface area contributed by atoms with Crippen LogP contribution >= 0.6 is 11.6 Å². The Bertz CT molecular complexity index is 974. The van der Waals surface area contributed by atoms with Gasteiger partial charge in [0.1, 0.15) is 11.6 Å². The number of nitrogens with one attached hydrogen (secondary N) is 1. The number of rotatable bonds is 5. The molecular weight excluding hydrogens is 365 g/mol. The number of benzene rings is 3. The zero-order valence-electron chi connectivity index (χ0n) is 15.0. The molecule has 0 aliphatic heterocycles. The highest BCUT2D eigenvalue weighted by molar-refractivity contribution is 6.30. The van der Waals surface area contributed by atoms with Crippen LogP contribution in [0, 0.1) is 5.82 Å². The molecule has 1 unspecified atom stereocenters. The van der Waals surface area contributed by atoms with Crippen LogP contribution in [-0.4, -0.2) is 13.0 Å². The molecule has 0 radical (unpaired) electrons. The predicted octanol–water partition coefficient (Wildman–Crippen LogP) is 5.65. The zero-order chi connectivity index (χ0) is 19.4. The summed E-state index contributed by atoms with van der Waals surface area (Å²) in [4.78, 5) is 12.6. The molecule has 5 heteroatoms. The first-order valence-corrected chi connectivity index (χ1v) is 8.86. The van der Waals surface area contributed by atoms with E-state index in [9.17, 15) is 9.18 Å². The van der Waals surface area contributed by atoms with E-state index in [1.807, 2.05) is 31.2 Å². The third-order valence-electron chi connectivity index (χ3n) is 4.33. The summed E-state index contributed by atoms with van der Waals surface area (Å²) in [6.07, 6.45) is 0. The van der Waals surface area contributed by atoms with Crippen molar-refractivity contribution in [2.75, 3.05) is 7.11 Å². The molecule has 138 valence electrons. The molecule has 0 spiro atoms. The molecule has 0 bridgehead atoms. The third kappa shape index (κ3) is 4.29. The standard InChI is InChI=1S/C22H19ClFNO2/c1-14(25-22(26)15-6-5-7-17(12-15)27-2)18-8-3-4-9-19(18)20-11-10-16(23)13-21(20)24/h3-14H,1-2H3,(H,25,26). The molecule has 0 aliphatic carbocycles. The van der Waals surface area contributed by atoms with Crippen molar-refractivity contribution in [3.8, 4) is 16.9 Å². The molecule has 0 heterocycles. The van der Waals surface area contributed by atoms with Crippen LogP contribution in [0.2, 0.25) is 5.02 Å². The summed E-state index contributed by atoms with van der Waals surface area (Å²) in [5.74, 6) is -0.0204. The molecule has 1 atom stereocenters. The highest BCUT2D eigenvalue weighted by Crippen LogP contribution is 2.31. The van der Waals surface area contributed by atoms with Gasteiger partial charge in [0.15, 0.2) is 0 Å². The van der Waals surface area contributed by atoms with Crippen LogP contribution in [0.1, 0.15) is 28.9 Å². The second kappa shape index (κ2) is 8.23. The normalized spacial score (nSPS) is 11.7. The fourth-order valence-corrected chi connectivity index (χ4v) is 3.11. The number of amides is 1. The Morgan fingerprint density at radius 2 is 1.81 bits per heavy atom. The van der Waals surface area contributed by atoms with Crippen molar-refractivity contribution < 1.29 is 13.9 Å². The lowest BCUT2D eigenvalue weighted by molar-refractivity contribution is 0.0939. The van der Waals surface area contributed by atoms with Gasteiger partial charge in [-0.15, -0.1) is 0 Å². The van der Waals surface area contributed by atoms with Gasteiger partial charge in [-0.3, -0.25) is 4.79 Å². The second-order valence-corrected chi connectivity index (χ2v) is 6.57. The van der Waals surface area contributed by atoms with E-state index in [1.165, 1.54) is 6.07 Å². The van der Waals surface area contributed by atoms with Gasteiger partial charge in [-0.2, -0.15) is 0 Å². The Kier molecular flexibility index (Phi) is 5.77. The summed E-state index contributed by atoms with van der Waals surface area (Å²) in [7, 11) is 1.55. The first-order chi connectivity index (χ1) is 13.0. The molecule has 0 aromatic heterocycles. The first-order valence-electron chi connectivity index (χ1n) is 8.49. The second-order valence-electron chi connectivity index (χ2n) is 6.14. The van der Waals surface area contributed by atoms with Crippen molar-refractivity contribution in [1.82, 2.24) is 5.32 Å². The molecule has 3 rings (SSSR count). The van der Waals surface area contributed by atoms with E-state index in [0.717, 1.165) is 5.56 Å². The number of methoxy groups -OCH3 is 1. The van der Waals surface area contributed by atoms with Crippen LogP contribution in [0.5, 0.6) is 5.75 Å². The molecule has 3 aromatic carbocycles. The number of hydrogen-bond acceptors (Lipinski definition) is 2. The fraction of sp³-hybridized carbons (Fsp3) is 0.136. The Balaban J connectivity index is 1.89. The van der Waals surface area contributed by atoms with E-state index in [-0.39, 0.29) is 11.9 Å². The molecule has 1 amide bonds. The Morgan fingerprint density at radius 3 is 2.56 bits per heavy atom. The van der Waals surface area contributed by atoms with Crippen LogP contribution in [0.3, 0.4) is 0 Å². The molecule has 0 aliphatic rings. The first kappa shape index (κ1) is 18.9. The van der Waals surface area contributed by atoms with Crippen molar-refractivity contribution in [2.24, 2.45) is 0 Å². The minimum atomic E-state index is -0.402. The van der Waals surface area contributed by atoms with Gasteiger partial charge >= 0.3 is 0 Å². The molecule has 0 saturated carbocycles. The lowest BCUT2D eigenvalue weighted by atomic mass is 9.95. The number of hydrogen-bond donors (Lipinski definition) is 1. The smallest absolute Gasteiger partial charge is 0.251 e. The van der Waals surface area contributed by atoms with Gasteiger partial charge < -0.3 is 10.1 Å². The Hall–Kier alpha value is -2.85. The average Bonchev–Trinajstić information content (AvgIpc) is 2.68. The van der Waals surface area contributed by atoms with E-state index in [0.29, 0.717) is 27.5 Å². The lowest BCUT2D eigenvalue weighted by Crippen LogP contribution is -2.27. The summed E-state index contributed by atoms with van der Waals surface area (Å²) < 4.78 is 19.6. The maximum Gasteiger partial charge on any atom is 0.251 e. The van der Waals surface area contributed by atoms with Gasteiger partial charge in [0, 0.05) is 16.1 Å². The van der Waals surface area contributed by atoms with Gasteiger partial charge in [-0.05, 0) is 54.4 Å². The summed E-state index contributed by atoms with van der Waals surface area (Å²) in [5, 5.41) is 3.30. The highest BCUT2D eigenvalue weighted by atomic mass is 35.5. The van der Waals surface area contributed by atoms with Crippen LogP contribution < -0.4 is 10.1 Å². The van der Waals surface area contributed by atoms with Crippen LogP contribution in [0.15, 0.2) is 66.7 Å². The van der Waals surface area contributed by atoms with Crippen molar-refractivity contribution in [2.45, 2.75) is 13.0 Å². The van der Waals surface area contributed by atoms with Gasteiger partial charge in [-0.1, -0.05) is 41.9 Å². The Morgan fingerprint density at radius 1 is 1.04 bits per heavy atom. The van der Waals surface area contributed by atoms with Crippen LogP contribution in [0.4, 0.5) is 4.39 Å². The molecule has 0 fully saturated rings. The van der Waals surface area contributed by atoms with E-state index in [1.54, 1.807) is 43.5 Å². The predicted molar refractivity (Wildman–Crippen MR) is 106 cm³/mol. The third-order valence-corrected chi connectivity index (χ3v) is 4.56. The van der Waals surface area contributed by atoms with E-state index in [4.69, 9.17) is 16.3 Å². The lowest BCUT2D eigenvalue weighted by Gasteiger charge is -2.19. The SMILES string of the molecule is COc1cccc(C(=O)NC(C)c2ccccc2-c2ccc(Cl)cc2F)c1. The van der Waals surface area contributed by atoms with E-state index < -0.39 is 5.82 Å². The van der Waals surface area contributed by atoms with Gasteiger partial charge in [0.05, 0.1) is 13.2 Å². The largest absolute Gasteiger partial charge is 0.497 e. The van der Waals surface area contributed by atoms with E-state index in [2.05, 4.69) is 5.32 Å². The monoisotopic (exact) mass is 383 g/mol. The van der Waals surface area contributed by atoms with Crippen molar-refractivity contribution >= 4 is 17.5 Å². The molecule has 3 nitrogen and oxygen atoms in total. The number of halogens is 2. The summed E-state index contributed by atoms with van der Waals surface area (Å²) >= 11 is 5.86. The van der Waals surface area contributed by atoms with Gasteiger partial charge in [0.25, 0.3) is 5.91 Å². The van der Waals surface area contributed by atoms with Gasteiger partial charge in [-0.25, -0.2) is 4.39 Å². The van der Waals surface area contributed by atoms with Crippen molar-refractivity contribution in [3.63, 3.8) is 0 Å². The van der Waals surface area contributed by atoms with Crippen LogP contribution in [-0.2, 0) is 0 Å². The molecule has 0 saturated heterocycles. The minimum absolute atomic E-state index is 0.229. The van der Waals surface area contributed by atoms with Crippen molar-refractivity contribution in [1.29, 1.82) is 0 Å². The number of carbonyl (C=O) groups excluding carboxylic acids is 1. The van der Waals surface area contributed by atoms with E-state index >= 15 is 0 Å². The minimum Gasteiger partial charge on any atom is -0.497 e. The quantitative estimate of drug-likeness (QED) is 0.618. The summed E-state index contributed by atoms with van der Waals surface area (Å²) in [5.41, 5.74) is 2.47. The topological polar surface area (TPSA) is 38.3 Å². The molecule has 1 N–H and O–H groups in total. The average molecular weight is 384 g/mol. The number of carbonyl (C=O) groups is 1. The van der Waals surface area contributed by atoms with Gasteiger partial charge in [0.2, 0.25) is 0 Å². The summed E-state index contributed by atoms with van der Waals surface area (Å²) in [6, 6.07) is 18.6. The van der Waals surface area contributed by atoms with Crippen LogP contribution in [0.25, 0.3) is 11.1 Å². The molecule has 3 aromatic rings. The summed E-state index contributed by atoms with van der Waals surface area (Å²) in [6.45, 7) is 1.87. The molecule has 27 heavy (non-hydrogen) atoms. The maximum atomic E-state index is 14.4. The highest BCUT2D eigenvalue weighted by Gasteiger charge is 2.17. The fourth-order valence-electron chi connectivity index (χ4n) is 2.95.